The van der Waals surface area contributed by atoms with Crippen LogP contribution in [0.5, 0.6) is 5.75 Å². The second kappa shape index (κ2) is 3.98. The zero-order chi connectivity index (χ0) is 12.8. The standard InChI is InChI=1S/C14H13O3P/c1-2-10-6-5-8-12-11-7-3-4-9-13(11)18(15,16)17-14(10)12/h3-9H,2H2,1H3,(H,15,16). The van der Waals surface area contributed by atoms with Crippen molar-refractivity contribution in [1.29, 1.82) is 0 Å². The van der Waals surface area contributed by atoms with E-state index in [2.05, 4.69) is 0 Å². The number of hydrogen-bond donors (Lipinski definition) is 1. The van der Waals surface area contributed by atoms with Crippen molar-refractivity contribution in [3.8, 4) is 16.9 Å². The van der Waals surface area contributed by atoms with Gasteiger partial charge in [-0.2, -0.15) is 0 Å². The van der Waals surface area contributed by atoms with Gasteiger partial charge < -0.3 is 9.42 Å². The van der Waals surface area contributed by atoms with Crippen LogP contribution in [0.2, 0.25) is 0 Å². The Bertz CT molecular complexity index is 664. The third-order valence-corrected chi connectivity index (χ3v) is 4.62. The summed E-state index contributed by atoms with van der Waals surface area (Å²) in [6, 6.07) is 12.9. The van der Waals surface area contributed by atoms with Gasteiger partial charge in [0.15, 0.2) is 0 Å². The normalized spacial score (nSPS) is 20.8. The molecule has 2 aromatic rings. The van der Waals surface area contributed by atoms with Crippen LogP contribution in [0.15, 0.2) is 42.5 Å². The quantitative estimate of drug-likeness (QED) is 0.801. The second-order valence-electron chi connectivity index (χ2n) is 4.28. The number of benzene rings is 2. The SMILES string of the molecule is CCc1cccc2c1OP(=O)(O)c1ccccc1-2. The highest BCUT2D eigenvalue weighted by Crippen LogP contribution is 2.52. The van der Waals surface area contributed by atoms with Gasteiger partial charge in [-0.25, -0.2) is 4.57 Å². The first-order chi connectivity index (χ1) is 8.63. The summed E-state index contributed by atoms with van der Waals surface area (Å²) in [7, 11) is -3.75. The molecule has 3 nitrogen and oxygen atoms in total. The van der Waals surface area contributed by atoms with Gasteiger partial charge in [0.1, 0.15) is 5.75 Å². The van der Waals surface area contributed by atoms with Crippen molar-refractivity contribution < 1.29 is 14.0 Å². The van der Waals surface area contributed by atoms with Crippen LogP contribution in [0.25, 0.3) is 11.1 Å². The monoisotopic (exact) mass is 260 g/mol. The topological polar surface area (TPSA) is 46.5 Å². The molecule has 3 rings (SSSR count). The first-order valence-electron chi connectivity index (χ1n) is 5.87. The minimum atomic E-state index is -3.75. The number of rotatable bonds is 1. The van der Waals surface area contributed by atoms with Gasteiger partial charge in [-0.15, -0.1) is 0 Å². The van der Waals surface area contributed by atoms with E-state index in [1.807, 2.05) is 37.3 Å². The summed E-state index contributed by atoms with van der Waals surface area (Å²) in [5.74, 6) is 0.546. The van der Waals surface area contributed by atoms with E-state index in [1.165, 1.54) is 0 Å². The summed E-state index contributed by atoms with van der Waals surface area (Å²) in [5.41, 5.74) is 2.64. The van der Waals surface area contributed by atoms with Gasteiger partial charge >= 0.3 is 7.60 Å². The maximum Gasteiger partial charge on any atom is 0.408 e. The van der Waals surface area contributed by atoms with Crippen LogP contribution in [0, 0.1) is 0 Å². The Labute approximate surface area is 106 Å². The summed E-state index contributed by atoms with van der Waals surface area (Å²) >= 11 is 0. The molecule has 1 unspecified atom stereocenters. The molecule has 1 aliphatic heterocycles. The van der Waals surface area contributed by atoms with Gasteiger partial charge in [0.05, 0.1) is 5.30 Å². The number of para-hydroxylation sites is 1. The van der Waals surface area contributed by atoms with Gasteiger partial charge in [0.2, 0.25) is 0 Å². The molecule has 18 heavy (non-hydrogen) atoms. The average molecular weight is 260 g/mol. The average Bonchev–Trinajstić information content (AvgIpc) is 2.38. The molecule has 0 fully saturated rings. The summed E-state index contributed by atoms with van der Waals surface area (Å²) in [4.78, 5) is 10.0. The Kier molecular flexibility index (Phi) is 2.54. The molecule has 2 aromatic carbocycles. The Morgan fingerprint density at radius 2 is 1.83 bits per heavy atom. The minimum Gasteiger partial charge on any atom is -0.420 e. The van der Waals surface area contributed by atoms with E-state index in [4.69, 9.17) is 4.52 Å². The van der Waals surface area contributed by atoms with Crippen LogP contribution in [-0.2, 0) is 11.0 Å². The fourth-order valence-corrected chi connectivity index (χ4v) is 3.64. The fourth-order valence-electron chi connectivity index (χ4n) is 2.30. The largest absolute Gasteiger partial charge is 0.420 e. The second-order valence-corrected chi connectivity index (χ2v) is 5.98. The Morgan fingerprint density at radius 1 is 1.11 bits per heavy atom. The fraction of sp³-hybridized carbons (Fsp3) is 0.143. The zero-order valence-corrected chi connectivity index (χ0v) is 10.9. The van der Waals surface area contributed by atoms with E-state index < -0.39 is 7.60 Å². The minimum absolute atomic E-state index is 0.380. The molecule has 92 valence electrons. The molecule has 1 N–H and O–H groups in total. The lowest BCUT2D eigenvalue weighted by Gasteiger charge is -2.26. The molecule has 0 spiro atoms. The zero-order valence-electron chi connectivity index (χ0n) is 9.96. The van der Waals surface area contributed by atoms with Crippen LogP contribution < -0.4 is 9.83 Å². The molecule has 0 bridgehead atoms. The maximum absolute atomic E-state index is 12.2. The van der Waals surface area contributed by atoms with Crippen LogP contribution in [-0.4, -0.2) is 4.89 Å². The van der Waals surface area contributed by atoms with Crippen LogP contribution in [0.4, 0.5) is 0 Å². The third-order valence-electron chi connectivity index (χ3n) is 3.19. The molecule has 0 amide bonds. The van der Waals surface area contributed by atoms with Crippen molar-refractivity contribution in [3.05, 3.63) is 48.0 Å². The van der Waals surface area contributed by atoms with Gasteiger partial charge in [-0.3, -0.25) is 0 Å². The molecule has 4 heteroatoms. The first-order valence-corrected chi connectivity index (χ1v) is 7.45. The lowest BCUT2D eigenvalue weighted by Crippen LogP contribution is -2.17. The molecular weight excluding hydrogens is 247 g/mol. The van der Waals surface area contributed by atoms with E-state index in [0.29, 0.717) is 11.1 Å². The van der Waals surface area contributed by atoms with Gasteiger partial charge in [-0.1, -0.05) is 43.3 Å². The van der Waals surface area contributed by atoms with Crippen molar-refractivity contribution in [3.63, 3.8) is 0 Å². The van der Waals surface area contributed by atoms with Crippen molar-refractivity contribution in [2.45, 2.75) is 13.3 Å². The van der Waals surface area contributed by atoms with Gasteiger partial charge in [-0.05, 0) is 18.1 Å². The molecule has 1 aliphatic rings. The molecule has 0 aromatic heterocycles. The first kappa shape index (κ1) is 11.5. The lowest BCUT2D eigenvalue weighted by atomic mass is 10.00. The third kappa shape index (κ3) is 1.59. The van der Waals surface area contributed by atoms with Crippen LogP contribution >= 0.6 is 7.60 Å². The predicted molar refractivity (Wildman–Crippen MR) is 71.3 cm³/mol. The number of aryl methyl sites for hydroxylation is 1. The maximum atomic E-state index is 12.2. The summed E-state index contributed by atoms with van der Waals surface area (Å²) in [6.45, 7) is 2.00. The highest BCUT2D eigenvalue weighted by Gasteiger charge is 2.34. The van der Waals surface area contributed by atoms with Gasteiger partial charge in [0, 0.05) is 11.1 Å². The van der Waals surface area contributed by atoms with E-state index >= 15 is 0 Å². The van der Waals surface area contributed by atoms with Gasteiger partial charge in [0.25, 0.3) is 0 Å². The van der Waals surface area contributed by atoms with Crippen molar-refractivity contribution in [2.24, 2.45) is 0 Å². The molecule has 1 atom stereocenters. The molecule has 0 saturated carbocycles. The Hall–Kier alpha value is -1.57. The summed E-state index contributed by atoms with van der Waals surface area (Å²) in [6.07, 6.45) is 0.769. The molecular formula is C14H13O3P. The Balaban J connectivity index is 2.36. The van der Waals surface area contributed by atoms with Crippen LogP contribution in [0.3, 0.4) is 0 Å². The van der Waals surface area contributed by atoms with E-state index in [9.17, 15) is 9.46 Å². The molecule has 0 aliphatic carbocycles. The number of hydrogen-bond acceptors (Lipinski definition) is 2. The summed E-state index contributed by atoms with van der Waals surface area (Å²) in [5, 5.41) is 0.380. The van der Waals surface area contributed by atoms with E-state index in [0.717, 1.165) is 23.1 Å². The van der Waals surface area contributed by atoms with Crippen molar-refractivity contribution >= 4 is 12.9 Å². The Morgan fingerprint density at radius 3 is 2.61 bits per heavy atom. The van der Waals surface area contributed by atoms with E-state index in [1.54, 1.807) is 12.1 Å². The van der Waals surface area contributed by atoms with Crippen molar-refractivity contribution in [2.75, 3.05) is 0 Å². The highest BCUT2D eigenvalue weighted by atomic mass is 31.2. The van der Waals surface area contributed by atoms with Crippen molar-refractivity contribution in [1.82, 2.24) is 0 Å². The molecule has 0 radical (unpaired) electrons. The summed E-state index contributed by atoms with van der Waals surface area (Å²) < 4.78 is 17.6. The molecule has 0 saturated heterocycles. The van der Waals surface area contributed by atoms with Crippen LogP contribution in [0.1, 0.15) is 12.5 Å². The highest BCUT2D eigenvalue weighted by molar-refractivity contribution is 7.62. The molecule has 1 heterocycles. The number of fused-ring (bicyclic) bond motifs is 3. The smallest absolute Gasteiger partial charge is 0.408 e. The van der Waals surface area contributed by atoms with E-state index in [-0.39, 0.29) is 0 Å². The predicted octanol–water partition coefficient (Wildman–Crippen LogP) is 3.12. The lowest BCUT2D eigenvalue weighted by molar-refractivity contribution is 0.390.